The lowest BCUT2D eigenvalue weighted by atomic mass is 10.2. The lowest BCUT2D eigenvalue weighted by Gasteiger charge is -2.12. The minimum atomic E-state index is -0.495. The summed E-state index contributed by atoms with van der Waals surface area (Å²) >= 11 is 0. The predicted octanol–water partition coefficient (Wildman–Crippen LogP) is 1.62. The largest absolute Gasteiger partial charge is 0.481 e. The Bertz CT molecular complexity index is 669. The van der Waals surface area contributed by atoms with E-state index in [0.717, 1.165) is 12.8 Å². The fourth-order valence-corrected chi connectivity index (χ4v) is 2.69. The predicted molar refractivity (Wildman–Crippen MR) is 79.1 cm³/mol. The van der Waals surface area contributed by atoms with Gasteiger partial charge in [-0.1, -0.05) is 25.0 Å². The van der Waals surface area contributed by atoms with Crippen molar-refractivity contribution in [2.75, 3.05) is 6.61 Å². The molecule has 1 aliphatic rings. The van der Waals surface area contributed by atoms with Gasteiger partial charge in [0.2, 0.25) is 0 Å². The molecule has 8 heteroatoms. The number of amides is 1. The first-order chi connectivity index (χ1) is 11.2. The minimum Gasteiger partial charge on any atom is -0.481 e. The van der Waals surface area contributed by atoms with Gasteiger partial charge >= 0.3 is 0 Å². The van der Waals surface area contributed by atoms with E-state index in [4.69, 9.17) is 4.74 Å². The summed E-state index contributed by atoms with van der Waals surface area (Å²) in [6.07, 6.45) is 4.46. The molecule has 1 aromatic carbocycles. The Kier molecular flexibility index (Phi) is 4.80. The maximum absolute atomic E-state index is 13.4. The lowest BCUT2D eigenvalue weighted by Crippen LogP contribution is -2.30. The van der Waals surface area contributed by atoms with Gasteiger partial charge < -0.3 is 10.1 Å². The summed E-state index contributed by atoms with van der Waals surface area (Å²) in [7, 11) is 0. The van der Waals surface area contributed by atoms with Gasteiger partial charge in [-0.2, -0.15) is 0 Å². The second-order valence-corrected chi connectivity index (χ2v) is 5.47. The van der Waals surface area contributed by atoms with Gasteiger partial charge in [-0.25, -0.2) is 9.07 Å². The van der Waals surface area contributed by atoms with Crippen molar-refractivity contribution in [1.29, 1.82) is 0 Å². The molecule has 3 rings (SSSR count). The first-order valence-electron chi connectivity index (χ1n) is 7.65. The van der Waals surface area contributed by atoms with Crippen molar-refractivity contribution in [3.05, 3.63) is 35.9 Å². The molecule has 7 nitrogen and oxygen atoms in total. The summed E-state index contributed by atoms with van der Waals surface area (Å²) in [6.45, 7) is -0.0328. The summed E-state index contributed by atoms with van der Waals surface area (Å²) in [5.74, 6) is -0.172. The number of nitrogens with zero attached hydrogens (tertiary/aromatic N) is 4. The molecule has 1 amide bonds. The Labute approximate surface area is 132 Å². The zero-order valence-corrected chi connectivity index (χ0v) is 12.6. The fraction of sp³-hybridized carbons (Fsp3) is 0.467. The number of ether oxygens (including phenoxy) is 1. The normalized spacial score (nSPS) is 14.8. The molecule has 1 aromatic heterocycles. The Balaban J connectivity index is 1.50. The number of halogens is 1. The van der Waals surface area contributed by atoms with E-state index in [0.29, 0.717) is 11.9 Å². The molecule has 23 heavy (non-hydrogen) atoms. The van der Waals surface area contributed by atoms with Crippen LogP contribution in [0.15, 0.2) is 24.3 Å². The number of para-hydroxylation sites is 1. The van der Waals surface area contributed by atoms with E-state index in [9.17, 15) is 9.18 Å². The highest BCUT2D eigenvalue weighted by atomic mass is 19.1. The van der Waals surface area contributed by atoms with Crippen LogP contribution < -0.4 is 10.1 Å². The number of tetrazole rings is 1. The van der Waals surface area contributed by atoms with Gasteiger partial charge in [0.25, 0.3) is 5.91 Å². The highest BCUT2D eigenvalue weighted by molar-refractivity contribution is 5.77. The monoisotopic (exact) mass is 319 g/mol. The average molecular weight is 319 g/mol. The molecule has 1 heterocycles. The zero-order chi connectivity index (χ0) is 16.1. The molecule has 2 aromatic rings. The smallest absolute Gasteiger partial charge is 0.258 e. The van der Waals surface area contributed by atoms with E-state index < -0.39 is 5.82 Å². The van der Waals surface area contributed by atoms with E-state index in [-0.39, 0.29) is 24.8 Å². The van der Waals surface area contributed by atoms with Crippen LogP contribution in [-0.4, -0.2) is 32.7 Å². The SMILES string of the molecule is O=C(COc1ccccc1F)NCc1nnnn1C1CCCC1. The van der Waals surface area contributed by atoms with Gasteiger partial charge in [-0.15, -0.1) is 5.10 Å². The van der Waals surface area contributed by atoms with Crippen LogP contribution in [0.2, 0.25) is 0 Å². The third-order valence-electron chi connectivity index (χ3n) is 3.87. The summed E-state index contributed by atoms with van der Waals surface area (Å²) in [5, 5.41) is 14.3. The van der Waals surface area contributed by atoms with E-state index in [1.807, 2.05) is 0 Å². The van der Waals surface area contributed by atoms with Crippen LogP contribution in [-0.2, 0) is 11.3 Å². The molecule has 0 bridgehead atoms. The van der Waals surface area contributed by atoms with Crippen molar-refractivity contribution in [2.45, 2.75) is 38.3 Å². The molecule has 122 valence electrons. The van der Waals surface area contributed by atoms with Crippen molar-refractivity contribution in [3.63, 3.8) is 0 Å². The van der Waals surface area contributed by atoms with Gasteiger partial charge in [0.1, 0.15) is 0 Å². The maximum atomic E-state index is 13.4. The van der Waals surface area contributed by atoms with Crippen molar-refractivity contribution in [1.82, 2.24) is 25.5 Å². The Morgan fingerprint density at radius 1 is 1.35 bits per heavy atom. The number of aromatic nitrogens is 4. The third-order valence-corrected chi connectivity index (χ3v) is 3.87. The minimum absolute atomic E-state index is 0.0541. The number of hydrogen-bond donors (Lipinski definition) is 1. The highest BCUT2D eigenvalue weighted by Crippen LogP contribution is 2.28. The van der Waals surface area contributed by atoms with Gasteiger partial charge in [-0.3, -0.25) is 4.79 Å². The number of carbonyl (C=O) groups is 1. The van der Waals surface area contributed by atoms with Crippen LogP contribution in [0.1, 0.15) is 37.5 Å². The molecule has 0 radical (unpaired) electrons. The number of nitrogens with one attached hydrogen (secondary N) is 1. The van der Waals surface area contributed by atoms with Crippen LogP contribution in [0.25, 0.3) is 0 Å². The molecule has 1 fully saturated rings. The van der Waals surface area contributed by atoms with Crippen LogP contribution in [0.4, 0.5) is 4.39 Å². The van der Waals surface area contributed by atoms with Crippen molar-refractivity contribution in [2.24, 2.45) is 0 Å². The average Bonchev–Trinajstić information content (AvgIpc) is 3.22. The maximum Gasteiger partial charge on any atom is 0.258 e. The van der Waals surface area contributed by atoms with E-state index in [1.54, 1.807) is 16.8 Å². The van der Waals surface area contributed by atoms with Crippen LogP contribution >= 0.6 is 0 Å². The molecular formula is C15H18FN5O2. The van der Waals surface area contributed by atoms with E-state index >= 15 is 0 Å². The van der Waals surface area contributed by atoms with Crippen molar-refractivity contribution in [3.8, 4) is 5.75 Å². The second kappa shape index (κ2) is 7.17. The molecule has 0 atom stereocenters. The first kappa shape index (κ1) is 15.4. The van der Waals surface area contributed by atoms with Gasteiger partial charge in [-0.05, 0) is 35.4 Å². The topological polar surface area (TPSA) is 81.9 Å². The van der Waals surface area contributed by atoms with Crippen LogP contribution in [0.3, 0.4) is 0 Å². The van der Waals surface area contributed by atoms with Crippen molar-refractivity contribution < 1.29 is 13.9 Å². The van der Waals surface area contributed by atoms with E-state index in [2.05, 4.69) is 20.8 Å². The number of benzene rings is 1. The van der Waals surface area contributed by atoms with Crippen molar-refractivity contribution >= 4 is 5.91 Å². The summed E-state index contributed by atoms with van der Waals surface area (Å²) in [5.41, 5.74) is 0. The van der Waals surface area contributed by atoms with Gasteiger partial charge in [0, 0.05) is 0 Å². The molecule has 1 aliphatic carbocycles. The number of rotatable bonds is 6. The van der Waals surface area contributed by atoms with E-state index in [1.165, 1.54) is 25.0 Å². The van der Waals surface area contributed by atoms with Gasteiger partial charge in [0.15, 0.2) is 24.0 Å². The Hall–Kier alpha value is -2.51. The Morgan fingerprint density at radius 3 is 2.91 bits per heavy atom. The highest BCUT2D eigenvalue weighted by Gasteiger charge is 2.21. The van der Waals surface area contributed by atoms with Crippen LogP contribution in [0.5, 0.6) is 5.75 Å². The fourth-order valence-electron chi connectivity index (χ4n) is 2.69. The Morgan fingerprint density at radius 2 is 2.13 bits per heavy atom. The summed E-state index contributed by atoms with van der Waals surface area (Å²) in [6, 6.07) is 6.27. The lowest BCUT2D eigenvalue weighted by molar-refractivity contribution is -0.123. The zero-order valence-electron chi connectivity index (χ0n) is 12.6. The quantitative estimate of drug-likeness (QED) is 0.875. The summed E-state index contributed by atoms with van der Waals surface area (Å²) < 4.78 is 20.3. The van der Waals surface area contributed by atoms with Crippen LogP contribution in [0, 0.1) is 5.82 Å². The first-order valence-corrected chi connectivity index (χ1v) is 7.65. The molecule has 0 spiro atoms. The third kappa shape index (κ3) is 3.82. The second-order valence-electron chi connectivity index (χ2n) is 5.47. The van der Waals surface area contributed by atoms with Gasteiger partial charge in [0.05, 0.1) is 12.6 Å². The molecule has 0 saturated heterocycles. The molecule has 1 saturated carbocycles. The molecule has 0 aliphatic heterocycles. The molecular weight excluding hydrogens is 301 g/mol. The molecule has 1 N–H and O–H groups in total. The molecule has 0 unspecified atom stereocenters. The number of carbonyl (C=O) groups excluding carboxylic acids is 1. The number of hydrogen-bond acceptors (Lipinski definition) is 5. The summed E-state index contributed by atoms with van der Waals surface area (Å²) in [4.78, 5) is 11.8. The standard InChI is InChI=1S/C15H18FN5O2/c16-12-7-3-4-8-13(12)23-10-15(22)17-9-14-18-19-20-21(14)11-5-1-2-6-11/h3-4,7-8,11H,1-2,5-6,9-10H2,(H,17,22).